The molecule has 0 saturated carbocycles. The highest BCUT2D eigenvalue weighted by Gasteiger charge is 2.04. The zero-order valence-corrected chi connectivity index (χ0v) is 13.8. The van der Waals surface area contributed by atoms with Crippen LogP contribution in [0.15, 0.2) is 48.5 Å². The molecule has 0 aliphatic carbocycles. The van der Waals surface area contributed by atoms with Gasteiger partial charge in [-0.25, -0.2) is 4.98 Å². The van der Waals surface area contributed by atoms with E-state index in [1.54, 1.807) is 24.3 Å². The van der Waals surface area contributed by atoms with Gasteiger partial charge in [0.05, 0.1) is 24.1 Å². The maximum atomic E-state index is 11.8. The highest BCUT2D eigenvalue weighted by Crippen LogP contribution is 2.15. The van der Waals surface area contributed by atoms with Gasteiger partial charge >= 0.3 is 0 Å². The summed E-state index contributed by atoms with van der Waals surface area (Å²) in [5, 5.41) is 3.53. The lowest BCUT2D eigenvalue weighted by Crippen LogP contribution is -2.27. The number of nitrogens with one attached hydrogen (secondary N) is 2. The van der Waals surface area contributed by atoms with Crippen LogP contribution in [0.4, 0.5) is 0 Å². The van der Waals surface area contributed by atoms with Gasteiger partial charge in [-0.1, -0.05) is 23.7 Å². The van der Waals surface area contributed by atoms with Crippen molar-refractivity contribution in [1.29, 1.82) is 0 Å². The van der Waals surface area contributed by atoms with E-state index < -0.39 is 0 Å². The fourth-order valence-corrected chi connectivity index (χ4v) is 2.45. The Morgan fingerprint density at radius 1 is 1.17 bits per heavy atom. The van der Waals surface area contributed by atoms with E-state index in [4.69, 9.17) is 16.3 Å². The van der Waals surface area contributed by atoms with E-state index in [0.717, 1.165) is 16.9 Å². The third-order valence-corrected chi connectivity index (χ3v) is 3.79. The number of hydrogen-bond donors (Lipinski definition) is 2. The molecule has 2 N–H and O–H groups in total. The van der Waals surface area contributed by atoms with Gasteiger partial charge in [0, 0.05) is 18.0 Å². The number of amides is 1. The number of rotatable bonds is 7. The summed E-state index contributed by atoms with van der Waals surface area (Å²) < 4.78 is 5.50. The molecule has 1 amide bonds. The number of nitrogens with zero attached hydrogens (tertiary/aromatic N) is 1. The molecular formula is C18H18ClN3O2. The summed E-state index contributed by atoms with van der Waals surface area (Å²) in [7, 11) is 0. The lowest BCUT2D eigenvalue weighted by molar-refractivity contribution is -0.121. The van der Waals surface area contributed by atoms with Crippen molar-refractivity contribution < 1.29 is 9.53 Å². The van der Waals surface area contributed by atoms with E-state index in [-0.39, 0.29) is 5.91 Å². The number of aromatic nitrogens is 2. The molecule has 24 heavy (non-hydrogen) atoms. The Balaban J connectivity index is 1.37. The first-order valence-corrected chi connectivity index (χ1v) is 8.17. The van der Waals surface area contributed by atoms with E-state index in [9.17, 15) is 4.79 Å². The summed E-state index contributed by atoms with van der Waals surface area (Å²) in [6.07, 6.45) is 0.973. The molecule has 0 bridgehead atoms. The van der Waals surface area contributed by atoms with Crippen molar-refractivity contribution in [3.05, 3.63) is 59.4 Å². The Morgan fingerprint density at radius 3 is 2.75 bits per heavy atom. The molecule has 0 atom stereocenters. The van der Waals surface area contributed by atoms with Crippen LogP contribution in [0.3, 0.4) is 0 Å². The zero-order chi connectivity index (χ0) is 16.8. The van der Waals surface area contributed by atoms with Crippen LogP contribution in [-0.4, -0.2) is 29.0 Å². The van der Waals surface area contributed by atoms with E-state index >= 15 is 0 Å². The average molecular weight is 344 g/mol. The first-order valence-electron chi connectivity index (χ1n) is 7.79. The summed E-state index contributed by atoms with van der Waals surface area (Å²) in [4.78, 5) is 19.5. The van der Waals surface area contributed by atoms with Gasteiger partial charge in [-0.05, 0) is 36.4 Å². The lowest BCUT2D eigenvalue weighted by atomic mass is 10.3. The molecular weight excluding hydrogens is 326 g/mol. The summed E-state index contributed by atoms with van der Waals surface area (Å²) in [6.45, 7) is 0.873. The molecule has 5 nitrogen and oxygen atoms in total. The number of imidazole rings is 1. The number of carbonyl (C=O) groups excluding carboxylic acids is 1. The molecule has 1 heterocycles. The molecule has 0 spiro atoms. The number of hydrogen-bond acceptors (Lipinski definition) is 3. The number of aromatic amines is 1. The van der Waals surface area contributed by atoms with Crippen LogP contribution in [0, 0.1) is 0 Å². The van der Waals surface area contributed by atoms with Gasteiger partial charge in [0.1, 0.15) is 11.6 Å². The second-order valence-electron chi connectivity index (χ2n) is 5.35. The third-order valence-electron chi connectivity index (χ3n) is 3.53. The van der Waals surface area contributed by atoms with E-state index in [0.29, 0.717) is 36.8 Å². The Labute approximate surface area is 145 Å². The van der Waals surface area contributed by atoms with Crippen molar-refractivity contribution in [3.63, 3.8) is 0 Å². The largest absolute Gasteiger partial charge is 0.493 e. The number of H-pyrrole nitrogens is 1. The van der Waals surface area contributed by atoms with Crippen LogP contribution in [-0.2, 0) is 11.2 Å². The Morgan fingerprint density at radius 2 is 1.96 bits per heavy atom. The standard InChI is InChI=1S/C18H18ClN3O2/c19-13-5-7-14(8-6-13)24-12-10-18(23)20-11-9-17-21-15-3-1-2-4-16(15)22-17/h1-8H,9-12H2,(H,20,23)(H,21,22). The Hall–Kier alpha value is -2.53. The van der Waals surface area contributed by atoms with Crippen LogP contribution >= 0.6 is 11.6 Å². The highest BCUT2D eigenvalue weighted by molar-refractivity contribution is 6.30. The average Bonchev–Trinajstić information content (AvgIpc) is 2.99. The molecule has 3 rings (SSSR count). The molecule has 0 aliphatic heterocycles. The minimum Gasteiger partial charge on any atom is -0.493 e. The number of para-hydroxylation sites is 2. The SMILES string of the molecule is O=C(CCOc1ccc(Cl)cc1)NCCc1nc2ccccc2[nH]1. The number of carbonyl (C=O) groups is 1. The zero-order valence-electron chi connectivity index (χ0n) is 13.1. The molecule has 0 fully saturated rings. The number of ether oxygens (including phenoxy) is 1. The lowest BCUT2D eigenvalue weighted by Gasteiger charge is -2.07. The van der Waals surface area contributed by atoms with E-state index in [1.807, 2.05) is 24.3 Å². The minimum atomic E-state index is -0.0416. The van der Waals surface area contributed by atoms with Crippen LogP contribution < -0.4 is 10.1 Å². The molecule has 3 aromatic rings. The van der Waals surface area contributed by atoms with Crippen molar-refractivity contribution in [1.82, 2.24) is 15.3 Å². The van der Waals surface area contributed by atoms with Gasteiger partial charge in [0.25, 0.3) is 0 Å². The summed E-state index contributed by atoms with van der Waals surface area (Å²) >= 11 is 5.80. The monoisotopic (exact) mass is 343 g/mol. The summed E-state index contributed by atoms with van der Waals surface area (Å²) in [6, 6.07) is 14.9. The Bertz CT molecular complexity index is 782. The maximum absolute atomic E-state index is 11.8. The smallest absolute Gasteiger partial charge is 0.223 e. The molecule has 6 heteroatoms. The molecule has 124 valence electrons. The predicted molar refractivity (Wildman–Crippen MR) is 94.4 cm³/mol. The van der Waals surface area contributed by atoms with Crippen LogP contribution in [0.1, 0.15) is 12.2 Å². The van der Waals surface area contributed by atoms with Crippen LogP contribution in [0.2, 0.25) is 5.02 Å². The molecule has 0 unspecified atom stereocenters. The van der Waals surface area contributed by atoms with Crippen molar-refractivity contribution >= 4 is 28.5 Å². The van der Waals surface area contributed by atoms with Gasteiger partial charge in [-0.15, -0.1) is 0 Å². The minimum absolute atomic E-state index is 0.0416. The Kier molecular flexibility index (Phi) is 5.33. The van der Waals surface area contributed by atoms with Crippen LogP contribution in [0.5, 0.6) is 5.75 Å². The molecule has 1 aromatic heterocycles. The second-order valence-corrected chi connectivity index (χ2v) is 5.79. The molecule has 2 aromatic carbocycles. The van der Waals surface area contributed by atoms with Crippen molar-refractivity contribution in [2.45, 2.75) is 12.8 Å². The van der Waals surface area contributed by atoms with Crippen molar-refractivity contribution in [2.24, 2.45) is 0 Å². The maximum Gasteiger partial charge on any atom is 0.223 e. The fourth-order valence-electron chi connectivity index (χ4n) is 2.33. The first kappa shape index (κ1) is 16.3. The van der Waals surface area contributed by atoms with E-state index in [2.05, 4.69) is 15.3 Å². The molecule has 0 aliphatic rings. The summed E-state index contributed by atoms with van der Waals surface area (Å²) in [5.74, 6) is 1.53. The van der Waals surface area contributed by atoms with Gasteiger partial charge in [-0.2, -0.15) is 0 Å². The van der Waals surface area contributed by atoms with E-state index in [1.165, 1.54) is 0 Å². The second kappa shape index (κ2) is 7.84. The van der Waals surface area contributed by atoms with Crippen LogP contribution in [0.25, 0.3) is 11.0 Å². The van der Waals surface area contributed by atoms with Gasteiger partial charge in [-0.3, -0.25) is 4.79 Å². The number of benzene rings is 2. The normalized spacial score (nSPS) is 10.7. The quantitative estimate of drug-likeness (QED) is 0.691. The van der Waals surface area contributed by atoms with Crippen molar-refractivity contribution in [2.75, 3.05) is 13.2 Å². The third kappa shape index (κ3) is 4.49. The highest BCUT2D eigenvalue weighted by atomic mass is 35.5. The molecule has 0 saturated heterocycles. The predicted octanol–water partition coefficient (Wildman–Crippen LogP) is 3.34. The topological polar surface area (TPSA) is 67.0 Å². The van der Waals surface area contributed by atoms with Gasteiger partial charge < -0.3 is 15.0 Å². The number of fused-ring (bicyclic) bond motifs is 1. The first-order chi connectivity index (χ1) is 11.7. The molecule has 0 radical (unpaired) electrons. The van der Waals surface area contributed by atoms with Crippen molar-refractivity contribution in [3.8, 4) is 5.75 Å². The summed E-state index contributed by atoms with van der Waals surface area (Å²) in [5.41, 5.74) is 1.95. The van der Waals surface area contributed by atoms with Gasteiger partial charge in [0.2, 0.25) is 5.91 Å². The van der Waals surface area contributed by atoms with Gasteiger partial charge in [0.15, 0.2) is 0 Å². The fraction of sp³-hybridized carbons (Fsp3) is 0.222. The number of halogens is 1.